The highest BCUT2D eigenvalue weighted by Gasteiger charge is 2.18. The maximum absolute atomic E-state index is 11.1. The molecule has 0 aliphatic carbocycles. The first-order chi connectivity index (χ1) is 16.3. The molecule has 0 radical (unpaired) electrons. The van der Waals surface area contributed by atoms with Crippen LogP contribution in [-0.2, 0) is 25.7 Å². The number of hydrogen-bond donors (Lipinski definition) is 3. The van der Waals surface area contributed by atoms with E-state index in [0.717, 1.165) is 15.6 Å². The van der Waals surface area contributed by atoms with Crippen molar-refractivity contribution in [1.29, 1.82) is 0 Å². The molecule has 0 bridgehead atoms. The molecule has 0 unspecified atom stereocenters. The summed E-state index contributed by atoms with van der Waals surface area (Å²) in [5.74, 6) is 0.926. The van der Waals surface area contributed by atoms with E-state index in [0.29, 0.717) is 46.6 Å². The Labute approximate surface area is 208 Å². The first kappa shape index (κ1) is 25.2. The Hall–Kier alpha value is -3.38. The number of benzene rings is 3. The van der Waals surface area contributed by atoms with E-state index in [2.05, 4.69) is 29.1 Å². The van der Waals surface area contributed by atoms with Gasteiger partial charge in [0.25, 0.3) is 0 Å². The Morgan fingerprint density at radius 3 is 1.41 bits per heavy atom. The van der Waals surface area contributed by atoms with E-state index in [-0.39, 0.29) is 30.1 Å². The van der Waals surface area contributed by atoms with Gasteiger partial charge in [-0.15, -0.1) is 13.2 Å². The molecule has 0 saturated carbocycles. The van der Waals surface area contributed by atoms with Gasteiger partial charge in [0.15, 0.2) is 23.0 Å². The van der Waals surface area contributed by atoms with Gasteiger partial charge in [0, 0.05) is 28.4 Å². The Balaban J connectivity index is 2.03. The van der Waals surface area contributed by atoms with E-state index in [1.807, 2.05) is 24.3 Å². The van der Waals surface area contributed by atoms with Crippen LogP contribution >= 0.6 is 15.9 Å². The van der Waals surface area contributed by atoms with Crippen molar-refractivity contribution in [3.8, 4) is 28.7 Å². The average molecular weight is 525 g/mol. The second-order valence-corrected chi connectivity index (χ2v) is 8.94. The van der Waals surface area contributed by atoms with Crippen molar-refractivity contribution < 1.29 is 24.8 Å². The molecule has 3 rings (SSSR count). The number of ether oxygens (including phenoxy) is 2. The predicted molar refractivity (Wildman–Crippen MR) is 139 cm³/mol. The van der Waals surface area contributed by atoms with Crippen LogP contribution < -0.4 is 9.47 Å². The number of aromatic hydroxyl groups is 3. The topological polar surface area (TPSA) is 79.2 Å². The maximum Gasteiger partial charge on any atom is 0.161 e. The molecule has 34 heavy (non-hydrogen) atoms. The monoisotopic (exact) mass is 524 g/mol. The minimum Gasteiger partial charge on any atom is -0.507 e. The van der Waals surface area contributed by atoms with Crippen molar-refractivity contribution in [1.82, 2.24) is 0 Å². The molecule has 0 amide bonds. The summed E-state index contributed by atoms with van der Waals surface area (Å²) in [7, 11) is 3.01. The van der Waals surface area contributed by atoms with Gasteiger partial charge in [0.1, 0.15) is 5.75 Å². The number of hydrogen-bond acceptors (Lipinski definition) is 5. The van der Waals surface area contributed by atoms with Gasteiger partial charge in [-0.25, -0.2) is 0 Å². The minimum atomic E-state index is 0.0377. The molecule has 0 atom stereocenters. The lowest BCUT2D eigenvalue weighted by atomic mass is 9.94. The fourth-order valence-electron chi connectivity index (χ4n) is 4.00. The molecule has 0 aromatic heterocycles. The van der Waals surface area contributed by atoms with Crippen LogP contribution in [0.4, 0.5) is 0 Å². The number of allylic oxidation sites excluding steroid dienone is 2. The highest BCUT2D eigenvalue weighted by molar-refractivity contribution is 9.10. The number of methoxy groups -OCH3 is 2. The fourth-order valence-corrected chi connectivity index (χ4v) is 4.56. The van der Waals surface area contributed by atoms with Crippen LogP contribution in [0.25, 0.3) is 0 Å². The van der Waals surface area contributed by atoms with Gasteiger partial charge >= 0.3 is 0 Å². The Morgan fingerprint density at radius 2 is 1.06 bits per heavy atom. The highest BCUT2D eigenvalue weighted by atomic mass is 79.9. The molecule has 3 aromatic rings. The molecule has 5 nitrogen and oxygen atoms in total. The Morgan fingerprint density at radius 1 is 0.676 bits per heavy atom. The fraction of sp³-hybridized carbons (Fsp3) is 0.214. The summed E-state index contributed by atoms with van der Waals surface area (Å²) in [6.45, 7) is 7.56. The Bertz CT molecular complexity index is 1130. The van der Waals surface area contributed by atoms with Crippen LogP contribution in [0.3, 0.4) is 0 Å². The SMILES string of the molecule is C=CCc1cc(Cc2cc(Br)cc(Cc3cc(CC=C)cc(OC)c3O)c2O)c(O)c(OC)c1. The van der Waals surface area contributed by atoms with Crippen LogP contribution in [-0.4, -0.2) is 29.5 Å². The third kappa shape index (κ3) is 5.57. The Kier molecular flexibility index (Phi) is 8.29. The third-order valence-corrected chi connectivity index (χ3v) is 6.08. The van der Waals surface area contributed by atoms with Gasteiger partial charge in [0.2, 0.25) is 0 Å². The molecule has 0 spiro atoms. The van der Waals surface area contributed by atoms with E-state index >= 15 is 0 Å². The lowest BCUT2D eigenvalue weighted by Crippen LogP contribution is -1.99. The van der Waals surface area contributed by atoms with E-state index in [4.69, 9.17) is 9.47 Å². The molecule has 0 aliphatic rings. The summed E-state index contributed by atoms with van der Waals surface area (Å²) >= 11 is 3.53. The van der Waals surface area contributed by atoms with Crippen molar-refractivity contribution in [2.24, 2.45) is 0 Å². The van der Waals surface area contributed by atoms with Crippen LogP contribution in [0.15, 0.2) is 66.2 Å². The van der Waals surface area contributed by atoms with Gasteiger partial charge in [-0.1, -0.05) is 40.2 Å². The number of phenolic OH excluding ortho intramolecular Hbond substituents is 3. The molecule has 3 aromatic carbocycles. The van der Waals surface area contributed by atoms with Crippen LogP contribution in [0.1, 0.15) is 33.4 Å². The van der Waals surface area contributed by atoms with Crippen LogP contribution in [0.2, 0.25) is 0 Å². The largest absolute Gasteiger partial charge is 0.507 e. The van der Waals surface area contributed by atoms with E-state index in [1.54, 1.807) is 24.3 Å². The van der Waals surface area contributed by atoms with E-state index < -0.39 is 0 Å². The zero-order valence-electron chi connectivity index (χ0n) is 19.4. The molecular weight excluding hydrogens is 496 g/mol. The summed E-state index contributed by atoms with van der Waals surface area (Å²) in [6.07, 6.45) is 5.40. The van der Waals surface area contributed by atoms with Gasteiger partial charge in [-0.05, 0) is 59.4 Å². The smallest absolute Gasteiger partial charge is 0.161 e. The highest BCUT2D eigenvalue weighted by Crippen LogP contribution is 2.39. The molecule has 178 valence electrons. The van der Waals surface area contributed by atoms with Crippen molar-refractivity contribution in [2.45, 2.75) is 25.7 Å². The zero-order valence-corrected chi connectivity index (χ0v) is 21.0. The van der Waals surface area contributed by atoms with Crippen molar-refractivity contribution in [2.75, 3.05) is 14.2 Å². The van der Waals surface area contributed by atoms with Crippen molar-refractivity contribution >= 4 is 15.9 Å². The molecule has 0 heterocycles. The normalized spacial score (nSPS) is 10.7. The van der Waals surface area contributed by atoms with Crippen LogP contribution in [0.5, 0.6) is 28.7 Å². The second-order valence-electron chi connectivity index (χ2n) is 8.02. The number of phenols is 3. The minimum absolute atomic E-state index is 0.0377. The lowest BCUT2D eigenvalue weighted by molar-refractivity contribution is 0.370. The molecule has 0 fully saturated rings. The van der Waals surface area contributed by atoms with E-state index in [9.17, 15) is 15.3 Å². The summed E-state index contributed by atoms with van der Waals surface area (Å²) < 4.78 is 11.4. The molecule has 3 N–H and O–H groups in total. The zero-order chi connectivity index (χ0) is 24.8. The summed E-state index contributed by atoms with van der Waals surface area (Å²) in [4.78, 5) is 0. The molecular formula is C28H29BrO5. The first-order valence-electron chi connectivity index (χ1n) is 10.8. The van der Waals surface area contributed by atoms with Gasteiger partial charge < -0.3 is 24.8 Å². The summed E-state index contributed by atoms with van der Waals surface area (Å²) in [6, 6.07) is 11.0. The van der Waals surface area contributed by atoms with Crippen LogP contribution in [0, 0.1) is 0 Å². The third-order valence-electron chi connectivity index (χ3n) is 5.62. The molecule has 0 aliphatic heterocycles. The molecule has 6 heteroatoms. The van der Waals surface area contributed by atoms with Gasteiger partial charge in [-0.3, -0.25) is 0 Å². The quantitative estimate of drug-likeness (QED) is 0.274. The molecule has 0 saturated heterocycles. The van der Waals surface area contributed by atoms with Crippen molar-refractivity contribution in [3.05, 3.63) is 99.6 Å². The average Bonchev–Trinajstić information content (AvgIpc) is 2.81. The first-order valence-corrected chi connectivity index (χ1v) is 11.6. The number of halogens is 1. The predicted octanol–water partition coefficient (Wildman–Crippen LogP) is 6.22. The number of rotatable bonds is 10. The lowest BCUT2D eigenvalue weighted by Gasteiger charge is -2.16. The van der Waals surface area contributed by atoms with E-state index in [1.165, 1.54) is 14.2 Å². The van der Waals surface area contributed by atoms with Crippen molar-refractivity contribution in [3.63, 3.8) is 0 Å². The second kappa shape index (κ2) is 11.2. The maximum atomic E-state index is 11.1. The standard InChI is InChI=1S/C28H29BrO5/c1-5-7-17-9-19(27(31)24(11-17)33-3)13-21-15-23(29)16-22(26(21)30)14-20-10-18(8-6-2)12-25(34-4)28(20)32/h5-6,9-12,15-16,30-32H,1-2,7-8,13-14H2,3-4H3. The summed E-state index contributed by atoms with van der Waals surface area (Å²) in [5, 5.41) is 32.5. The summed E-state index contributed by atoms with van der Waals surface area (Å²) in [5.41, 5.74) is 4.43. The van der Waals surface area contributed by atoms with Gasteiger partial charge in [-0.2, -0.15) is 0 Å². The van der Waals surface area contributed by atoms with Gasteiger partial charge in [0.05, 0.1) is 14.2 Å².